The SMILES string of the molecule is c1ccc2c(c1)c(-n1c3ccccc3c3cc(-c4ccc5c6ccccc6n(-c6cc7c8ccccc8c8ccccc8c7c7ccccc67)c5c4)ccc31)cc1c3ccccc3c3ccccc3c21. The minimum Gasteiger partial charge on any atom is -0.309 e. The summed E-state index contributed by atoms with van der Waals surface area (Å²) in [7, 11) is 0. The standard InChI is InChI=1S/C68H40N2/c1-3-21-47-43(17-1)45-19-5-9-27-54(45)67-56-29-11-7-24-50(56)65(39-59(47)67)69-62-32-16-14-26-52(62)58-37-41(34-36-63(58)69)42-33-35-53-49-23-13-15-31-61(49)70(64(53)38-42)66-40-60-48-22-4-2-18-44(48)46-20-6-10-28-55(46)68(60)57-30-12-8-25-51(57)66/h1-40H. The molecule has 0 spiro atoms. The van der Waals surface area contributed by atoms with Gasteiger partial charge in [-0.1, -0.05) is 200 Å². The van der Waals surface area contributed by atoms with E-state index in [4.69, 9.17) is 0 Å². The molecular formula is C68H40N2. The fourth-order valence-electron chi connectivity index (χ4n) is 12.7. The Kier molecular flexibility index (Phi) is 7.64. The molecule has 0 fully saturated rings. The van der Waals surface area contributed by atoms with E-state index in [-0.39, 0.29) is 0 Å². The summed E-state index contributed by atoms with van der Waals surface area (Å²) >= 11 is 0. The van der Waals surface area contributed by atoms with E-state index in [0.29, 0.717) is 0 Å². The molecule has 0 unspecified atom stereocenters. The van der Waals surface area contributed by atoms with Crippen LogP contribution in [0.3, 0.4) is 0 Å². The molecule has 14 aromatic carbocycles. The van der Waals surface area contributed by atoms with Gasteiger partial charge in [-0.15, -0.1) is 0 Å². The molecule has 16 aromatic rings. The first-order valence-electron chi connectivity index (χ1n) is 24.3. The van der Waals surface area contributed by atoms with Crippen molar-refractivity contribution in [2.24, 2.45) is 0 Å². The highest BCUT2D eigenvalue weighted by molar-refractivity contribution is 6.34. The van der Waals surface area contributed by atoms with Gasteiger partial charge in [0, 0.05) is 32.3 Å². The minimum absolute atomic E-state index is 1.19. The lowest BCUT2D eigenvalue weighted by Crippen LogP contribution is -1.97. The monoisotopic (exact) mass is 884 g/mol. The third kappa shape index (κ3) is 5.06. The maximum Gasteiger partial charge on any atom is 0.0547 e. The molecule has 0 N–H and O–H groups in total. The molecule has 0 bridgehead atoms. The average Bonchev–Trinajstić information content (AvgIpc) is 3.94. The molecule has 0 aliphatic carbocycles. The molecule has 2 aromatic heterocycles. The number of rotatable bonds is 3. The summed E-state index contributed by atoms with van der Waals surface area (Å²) in [5.74, 6) is 0. The summed E-state index contributed by atoms with van der Waals surface area (Å²) in [5.41, 5.74) is 9.54. The third-order valence-electron chi connectivity index (χ3n) is 15.6. The van der Waals surface area contributed by atoms with Crippen LogP contribution in [0, 0.1) is 0 Å². The lowest BCUT2D eigenvalue weighted by molar-refractivity contribution is 1.20. The van der Waals surface area contributed by atoms with E-state index in [1.165, 1.54) is 152 Å². The Labute approximate surface area is 402 Å². The third-order valence-corrected chi connectivity index (χ3v) is 15.6. The fourth-order valence-corrected chi connectivity index (χ4v) is 12.7. The zero-order valence-electron chi connectivity index (χ0n) is 38.0. The summed E-state index contributed by atoms with van der Waals surface area (Å²) in [6.45, 7) is 0. The van der Waals surface area contributed by atoms with Gasteiger partial charge >= 0.3 is 0 Å². The van der Waals surface area contributed by atoms with Crippen LogP contribution in [-0.4, -0.2) is 9.13 Å². The lowest BCUT2D eigenvalue weighted by atomic mass is 9.90. The lowest BCUT2D eigenvalue weighted by Gasteiger charge is -2.18. The van der Waals surface area contributed by atoms with Crippen molar-refractivity contribution in [2.45, 2.75) is 0 Å². The molecule has 0 atom stereocenters. The van der Waals surface area contributed by atoms with Gasteiger partial charge in [0.25, 0.3) is 0 Å². The Bertz CT molecular complexity index is 4950. The smallest absolute Gasteiger partial charge is 0.0547 e. The quantitative estimate of drug-likeness (QED) is 0.157. The van der Waals surface area contributed by atoms with Crippen LogP contribution in [0.1, 0.15) is 0 Å². The van der Waals surface area contributed by atoms with Gasteiger partial charge in [0.05, 0.1) is 33.4 Å². The molecule has 322 valence electrons. The normalized spacial score (nSPS) is 12.3. The second kappa shape index (κ2) is 14.1. The molecule has 70 heavy (non-hydrogen) atoms. The second-order valence-electron chi connectivity index (χ2n) is 19.1. The number of fused-ring (bicyclic) bond motifs is 22. The van der Waals surface area contributed by atoms with Crippen LogP contribution in [0.15, 0.2) is 243 Å². The van der Waals surface area contributed by atoms with Crippen LogP contribution >= 0.6 is 0 Å². The summed E-state index contributed by atoms with van der Waals surface area (Å²) in [6, 6.07) is 90.7. The van der Waals surface area contributed by atoms with Crippen molar-refractivity contribution in [3.8, 4) is 22.5 Å². The highest BCUT2D eigenvalue weighted by atomic mass is 15.0. The molecule has 2 heterocycles. The van der Waals surface area contributed by atoms with Crippen molar-refractivity contribution < 1.29 is 0 Å². The Hall–Kier alpha value is -9.24. The average molecular weight is 885 g/mol. The van der Waals surface area contributed by atoms with Crippen molar-refractivity contribution in [1.29, 1.82) is 0 Å². The van der Waals surface area contributed by atoms with Crippen molar-refractivity contribution in [3.05, 3.63) is 243 Å². The van der Waals surface area contributed by atoms with Gasteiger partial charge in [-0.05, 0) is 129 Å². The number of benzene rings is 14. The van der Waals surface area contributed by atoms with Crippen molar-refractivity contribution in [2.75, 3.05) is 0 Å². The van der Waals surface area contributed by atoms with Gasteiger partial charge < -0.3 is 9.13 Å². The molecule has 0 aliphatic rings. The molecule has 2 heteroatoms. The zero-order chi connectivity index (χ0) is 45.6. The number of para-hydroxylation sites is 2. The molecular weight excluding hydrogens is 845 g/mol. The summed E-state index contributed by atoms with van der Waals surface area (Å²) in [4.78, 5) is 0. The van der Waals surface area contributed by atoms with E-state index in [9.17, 15) is 0 Å². The summed E-state index contributed by atoms with van der Waals surface area (Å²) in [5, 5.41) is 25.4. The fraction of sp³-hybridized carbons (Fsp3) is 0. The first kappa shape index (κ1) is 37.8. The van der Waals surface area contributed by atoms with Crippen LogP contribution in [0.5, 0.6) is 0 Å². The summed E-state index contributed by atoms with van der Waals surface area (Å²) in [6.07, 6.45) is 0. The van der Waals surface area contributed by atoms with Gasteiger partial charge in [0.2, 0.25) is 0 Å². The Morgan fingerprint density at radius 1 is 0.171 bits per heavy atom. The van der Waals surface area contributed by atoms with Crippen molar-refractivity contribution in [1.82, 2.24) is 9.13 Å². The van der Waals surface area contributed by atoms with Crippen LogP contribution in [0.4, 0.5) is 0 Å². The number of aromatic nitrogens is 2. The molecule has 0 aliphatic heterocycles. The Balaban J connectivity index is 0.948. The molecule has 0 radical (unpaired) electrons. The van der Waals surface area contributed by atoms with Gasteiger partial charge in [0.1, 0.15) is 0 Å². The zero-order valence-corrected chi connectivity index (χ0v) is 38.0. The maximum absolute atomic E-state index is 2.53. The maximum atomic E-state index is 2.53. The van der Waals surface area contributed by atoms with E-state index >= 15 is 0 Å². The van der Waals surface area contributed by atoms with Gasteiger partial charge in [0.15, 0.2) is 0 Å². The van der Waals surface area contributed by atoms with Crippen molar-refractivity contribution >= 4 is 130 Å². The van der Waals surface area contributed by atoms with Crippen LogP contribution < -0.4 is 0 Å². The topological polar surface area (TPSA) is 9.86 Å². The summed E-state index contributed by atoms with van der Waals surface area (Å²) < 4.78 is 5.04. The molecule has 16 rings (SSSR count). The number of hydrogen-bond donors (Lipinski definition) is 0. The number of nitrogens with zero attached hydrogens (tertiary/aromatic N) is 2. The van der Waals surface area contributed by atoms with E-state index in [0.717, 1.165) is 0 Å². The number of hydrogen-bond acceptors (Lipinski definition) is 0. The van der Waals surface area contributed by atoms with Gasteiger partial charge in [-0.2, -0.15) is 0 Å². The van der Waals surface area contributed by atoms with Gasteiger partial charge in [-0.3, -0.25) is 0 Å². The van der Waals surface area contributed by atoms with E-state index in [2.05, 4.69) is 252 Å². The Morgan fingerprint density at radius 3 is 0.957 bits per heavy atom. The second-order valence-corrected chi connectivity index (χ2v) is 19.1. The first-order chi connectivity index (χ1) is 34.8. The predicted octanol–water partition coefficient (Wildman–Crippen LogP) is 18.8. The molecule has 0 saturated carbocycles. The van der Waals surface area contributed by atoms with E-state index < -0.39 is 0 Å². The molecule has 0 amide bonds. The minimum atomic E-state index is 1.19. The van der Waals surface area contributed by atoms with Crippen LogP contribution in [0.25, 0.3) is 152 Å². The largest absolute Gasteiger partial charge is 0.309 e. The van der Waals surface area contributed by atoms with Crippen molar-refractivity contribution in [3.63, 3.8) is 0 Å². The van der Waals surface area contributed by atoms with Gasteiger partial charge in [-0.25, -0.2) is 0 Å². The molecule has 0 saturated heterocycles. The Morgan fingerprint density at radius 2 is 0.471 bits per heavy atom. The van der Waals surface area contributed by atoms with E-state index in [1.807, 2.05) is 0 Å². The van der Waals surface area contributed by atoms with Crippen LogP contribution in [0.2, 0.25) is 0 Å². The predicted molar refractivity (Wildman–Crippen MR) is 301 cm³/mol. The highest BCUT2D eigenvalue weighted by Gasteiger charge is 2.22. The first-order valence-corrected chi connectivity index (χ1v) is 24.3. The van der Waals surface area contributed by atoms with Crippen LogP contribution in [-0.2, 0) is 0 Å². The highest BCUT2D eigenvalue weighted by Crippen LogP contribution is 2.46. The van der Waals surface area contributed by atoms with E-state index in [1.54, 1.807) is 0 Å². The molecule has 2 nitrogen and oxygen atoms in total.